The Bertz CT molecular complexity index is 652. The summed E-state index contributed by atoms with van der Waals surface area (Å²) in [4.78, 5) is 33.8. The van der Waals surface area contributed by atoms with E-state index >= 15 is 0 Å². The summed E-state index contributed by atoms with van der Waals surface area (Å²) in [6.45, 7) is 14.3. The van der Waals surface area contributed by atoms with Crippen LogP contribution in [0.4, 0.5) is 0 Å². The lowest BCUT2D eigenvalue weighted by Gasteiger charge is -2.45. The minimum Gasteiger partial charge on any atom is -0.338 e. The molecule has 6 heteroatoms. The highest BCUT2D eigenvalue weighted by molar-refractivity contribution is 5.90. The molecule has 0 bridgehead atoms. The molecule has 5 atom stereocenters. The van der Waals surface area contributed by atoms with Crippen LogP contribution in [0.2, 0.25) is 0 Å². The fraction of sp³-hybridized carbons (Fsp3) is 0.926. The molecule has 2 amide bonds. The van der Waals surface area contributed by atoms with Crippen LogP contribution in [-0.4, -0.2) is 83.9 Å². The van der Waals surface area contributed by atoms with Crippen molar-refractivity contribution in [3.63, 3.8) is 0 Å². The van der Waals surface area contributed by atoms with Crippen molar-refractivity contribution in [2.75, 3.05) is 33.2 Å². The van der Waals surface area contributed by atoms with Gasteiger partial charge in [-0.25, -0.2) is 0 Å². The van der Waals surface area contributed by atoms with E-state index in [0.717, 1.165) is 38.8 Å². The average Bonchev–Trinajstić information content (AvgIpc) is 2.75. The maximum atomic E-state index is 13.9. The van der Waals surface area contributed by atoms with Crippen molar-refractivity contribution in [1.29, 1.82) is 0 Å². The van der Waals surface area contributed by atoms with Crippen molar-refractivity contribution >= 4 is 11.8 Å². The zero-order valence-corrected chi connectivity index (χ0v) is 22.2. The first kappa shape index (κ1) is 26.5. The van der Waals surface area contributed by atoms with Gasteiger partial charge >= 0.3 is 0 Å². The lowest BCUT2D eigenvalue weighted by atomic mass is 9.83. The summed E-state index contributed by atoms with van der Waals surface area (Å²) in [5.74, 6) is 1.84. The summed E-state index contributed by atoms with van der Waals surface area (Å²) >= 11 is 0. The first-order chi connectivity index (χ1) is 15.7. The number of likely N-dealkylation sites (tertiary alicyclic amines) is 2. The Kier molecular flexibility index (Phi) is 9.63. The molecule has 1 N–H and O–H groups in total. The van der Waals surface area contributed by atoms with Crippen LogP contribution in [0.1, 0.15) is 86.0 Å². The molecular weight excluding hydrogens is 412 g/mol. The molecule has 190 valence electrons. The van der Waals surface area contributed by atoms with Crippen molar-refractivity contribution in [2.24, 2.45) is 17.8 Å². The van der Waals surface area contributed by atoms with Gasteiger partial charge in [0, 0.05) is 31.7 Å². The number of piperidine rings is 2. The maximum Gasteiger partial charge on any atom is 0.245 e. The molecule has 3 aliphatic rings. The monoisotopic (exact) mass is 462 g/mol. The van der Waals surface area contributed by atoms with Crippen LogP contribution in [0.25, 0.3) is 0 Å². The van der Waals surface area contributed by atoms with E-state index in [0.29, 0.717) is 30.3 Å². The summed E-state index contributed by atoms with van der Waals surface area (Å²) in [7, 11) is 2.28. The van der Waals surface area contributed by atoms with Gasteiger partial charge in [-0.15, -0.1) is 0 Å². The van der Waals surface area contributed by atoms with Gasteiger partial charge in [0.2, 0.25) is 11.8 Å². The van der Waals surface area contributed by atoms with E-state index in [1.54, 1.807) is 0 Å². The fourth-order valence-electron chi connectivity index (χ4n) is 6.36. The summed E-state index contributed by atoms with van der Waals surface area (Å²) < 4.78 is 0. The van der Waals surface area contributed by atoms with Gasteiger partial charge in [0.1, 0.15) is 6.04 Å². The van der Waals surface area contributed by atoms with Crippen molar-refractivity contribution in [3.8, 4) is 0 Å². The van der Waals surface area contributed by atoms with Crippen LogP contribution in [0.3, 0.4) is 0 Å². The number of carbonyl (C=O) groups excluding carboxylic acids is 2. The Morgan fingerprint density at radius 2 is 1.82 bits per heavy atom. The van der Waals surface area contributed by atoms with Gasteiger partial charge in [-0.1, -0.05) is 34.1 Å². The van der Waals surface area contributed by atoms with E-state index in [1.165, 1.54) is 32.2 Å². The van der Waals surface area contributed by atoms with E-state index in [-0.39, 0.29) is 29.9 Å². The second-order valence-corrected chi connectivity index (χ2v) is 12.0. The number of amides is 2. The molecule has 3 heterocycles. The van der Waals surface area contributed by atoms with Crippen molar-refractivity contribution in [2.45, 2.75) is 110 Å². The third kappa shape index (κ3) is 6.94. The van der Waals surface area contributed by atoms with E-state index < -0.39 is 0 Å². The SMILES string of the molecule is CC(C)CC(C(=O)N1CCC(CC2CCCCN2C)C[C@@H]1C)N1CCN[C@@H](CC(C)C)C1=O. The Hall–Kier alpha value is -1.14. The standard InChI is InChI=1S/C27H50N4O2/c1-19(2)15-24-26(32)31(14-11-28-24)25(16-20(3)4)27(33)30-13-10-22(17-21(30)5)18-23-9-7-8-12-29(23)6/h19-25,28H,7-18H2,1-6H3/t21-,22?,23?,24-,25?/m0/s1. The number of piperazine rings is 1. The molecule has 0 saturated carbocycles. The minimum atomic E-state index is -0.322. The Balaban J connectivity index is 1.65. The molecule has 0 spiro atoms. The molecule has 0 aliphatic carbocycles. The summed E-state index contributed by atoms with van der Waals surface area (Å²) in [6, 6.07) is 0.488. The number of nitrogens with one attached hydrogen (secondary N) is 1. The zero-order chi connectivity index (χ0) is 24.1. The maximum absolute atomic E-state index is 13.9. The normalized spacial score (nSPS) is 30.8. The van der Waals surface area contributed by atoms with E-state index in [4.69, 9.17) is 0 Å². The molecule has 0 aromatic heterocycles. The third-order valence-electron chi connectivity index (χ3n) is 8.18. The van der Waals surface area contributed by atoms with Gasteiger partial charge in [0.25, 0.3) is 0 Å². The van der Waals surface area contributed by atoms with Crippen LogP contribution >= 0.6 is 0 Å². The summed E-state index contributed by atoms with van der Waals surface area (Å²) in [5.41, 5.74) is 0. The topological polar surface area (TPSA) is 55.9 Å². The minimum absolute atomic E-state index is 0.122. The van der Waals surface area contributed by atoms with Crippen LogP contribution in [0.15, 0.2) is 0 Å². The predicted octanol–water partition coefficient (Wildman–Crippen LogP) is 3.75. The second kappa shape index (κ2) is 12.0. The van der Waals surface area contributed by atoms with Gasteiger partial charge in [-0.2, -0.15) is 0 Å². The van der Waals surface area contributed by atoms with Crippen molar-refractivity contribution < 1.29 is 9.59 Å². The van der Waals surface area contributed by atoms with E-state index in [1.807, 2.05) is 4.90 Å². The molecule has 3 fully saturated rings. The number of hydrogen-bond donors (Lipinski definition) is 1. The van der Waals surface area contributed by atoms with Crippen molar-refractivity contribution in [3.05, 3.63) is 0 Å². The average molecular weight is 463 g/mol. The van der Waals surface area contributed by atoms with Gasteiger partial charge < -0.3 is 20.0 Å². The van der Waals surface area contributed by atoms with E-state index in [2.05, 4.69) is 56.8 Å². The highest BCUT2D eigenvalue weighted by atomic mass is 16.2. The van der Waals surface area contributed by atoms with Gasteiger partial charge in [0.15, 0.2) is 0 Å². The van der Waals surface area contributed by atoms with E-state index in [9.17, 15) is 9.59 Å². The van der Waals surface area contributed by atoms with Gasteiger partial charge in [-0.3, -0.25) is 9.59 Å². The van der Waals surface area contributed by atoms with Crippen LogP contribution in [-0.2, 0) is 9.59 Å². The van der Waals surface area contributed by atoms with Gasteiger partial charge in [-0.05, 0) is 83.2 Å². The molecule has 0 aromatic carbocycles. The molecule has 3 rings (SSSR count). The number of nitrogens with zero attached hydrogens (tertiary/aromatic N) is 3. The first-order valence-corrected chi connectivity index (χ1v) is 13.7. The third-order valence-corrected chi connectivity index (χ3v) is 8.18. The first-order valence-electron chi connectivity index (χ1n) is 13.7. The van der Waals surface area contributed by atoms with Gasteiger partial charge in [0.05, 0.1) is 6.04 Å². The molecule has 6 nitrogen and oxygen atoms in total. The highest BCUT2D eigenvalue weighted by Gasteiger charge is 2.40. The number of rotatable bonds is 8. The predicted molar refractivity (Wildman–Crippen MR) is 135 cm³/mol. The Morgan fingerprint density at radius 3 is 2.45 bits per heavy atom. The van der Waals surface area contributed by atoms with Crippen LogP contribution < -0.4 is 5.32 Å². The zero-order valence-electron chi connectivity index (χ0n) is 22.2. The van der Waals surface area contributed by atoms with Crippen LogP contribution in [0, 0.1) is 17.8 Å². The highest BCUT2D eigenvalue weighted by Crippen LogP contribution is 2.32. The lowest BCUT2D eigenvalue weighted by molar-refractivity contribution is -0.152. The molecule has 0 aromatic rings. The number of hydrogen-bond acceptors (Lipinski definition) is 4. The largest absolute Gasteiger partial charge is 0.338 e. The number of carbonyl (C=O) groups is 2. The molecule has 33 heavy (non-hydrogen) atoms. The molecule has 3 aliphatic heterocycles. The second-order valence-electron chi connectivity index (χ2n) is 12.0. The molecule has 3 saturated heterocycles. The fourth-order valence-corrected chi connectivity index (χ4v) is 6.36. The molecule has 0 radical (unpaired) electrons. The lowest BCUT2D eigenvalue weighted by Crippen LogP contribution is -2.62. The summed E-state index contributed by atoms with van der Waals surface area (Å²) in [5, 5.41) is 3.39. The Morgan fingerprint density at radius 1 is 1.06 bits per heavy atom. The quantitative estimate of drug-likeness (QED) is 0.597. The summed E-state index contributed by atoms with van der Waals surface area (Å²) in [6.07, 6.45) is 9.05. The van der Waals surface area contributed by atoms with Crippen LogP contribution in [0.5, 0.6) is 0 Å². The molecular formula is C27H50N4O2. The van der Waals surface area contributed by atoms with Crippen molar-refractivity contribution in [1.82, 2.24) is 20.0 Å². The Labute approximate surface area is 202 Å². The smallest absolute Gasteiger partial charge is 0.245 e. The molecule has 3 unspecified atom stereocenters.